The van der Waals surface area contributed by atoms with Crippen molar-refractivity contribution in [2.75, 3.05) is 13.1 Å². The molecular weight excluding hydrogens is 342 g/mol. The Labute approximate surface area is 156 Å². The molecule has 6 nitrogen and oxygen atoms in total. The van der Waals surface area contributed by atoms with Gasteiger partial charge in [0.2, 0.25) is 5.91 Å². The molecule has 0 aliphatic heterocycles. The van der Waals surface area contributed by atoms with Crippen molar-refractivity contribution in [3.63, 3.8) is 0 Å². The van der Waals surface area contributed by atoms with Crippen molar-refractivity contribution in [1.82, 2.24) is 15.6 Å². The van der Waals surface area contributed by atoms with Crippen LogP contribution in [0.15, 0.2) is 65.5 Å². The molecule has 27 heavy (non-hydrogen) atoms. The number of fused-ring (bicyclic) bond motifs is 1. The Hall–Kier alpha value is -3.41. The van der Waals surface area contributed by atoms with E-state index in [9.17, 15) is 14.4 Å². The fourth-order valence-corrected chi connectivity index (χ4v) is 2.78. The van der Waals surface area contributed by atoms with Gasteiger partial charge in [-0.2, -0.15) is 0 Å². The first kappa shape index (κ1) is 18.4. The molecule has 0 saturated carbocycles. The number of para-hydroxylation sites is 1. The second-order valence-electron chi connectivity index (χ2n) is 6.18. The van der Waals surface area contributed by atoms with E-state index >= 15 is 0 Å². The number of aryl methyl sites for hydroxylation is 1. The average Bonchev–Trinajstić information content (AvgIpc) is 2.70. The average molecular weight is 363 g/mol. The van der Waals surface area contributed by atoms with Crippen LogP contribution in [0.1, 0.15) is 22.3 Å². The quantitative estimate of drug-likeness (QED) is 0.561. The summed E-state index contributed by atoms with van der Waals surface area (Å²) in [6.45, 7) is 0.682. The molecule has 0 radical (unpaired) electrons. The fraction of sp³-hybridized carbons (Fsp3) is 0.190. The van der Waals surface area contributed by atoms with E-state index in [1.807, 2.05) is 36.4 Å². The van der Waals surface area contributed by atoms with Gasteiger partial charge in [-0.3, -0.25) is 14.4 Å². The number of hydrogen-bond donors (Lipinski definition) is 3. The van der Waals surface area contributed by atoms with Crippen LogP contribution in [-0.4, -0.2) is 29.9 Å². The van der Waals surface area contributed by atoms with Crippen LogP contribution in [-0.2, 0) is 11.2 Å². The molecule has 3 N–H and O–H groups in total. The summed E-state index contributed by atoms with van der Waals surface area (Å²) in [5.41, 5.74) is 1.78. The number of carbonyl (C=O) groups excluding carboxylic acids is 2. The predicted molar refractivity (Wildman–Crippen MR) is 105 cm³/mol. The third-order valence-electron chi connectivity index (χ3n) is 4.22. The maximum absolute atomic E-state index is 12.1. The first-order valence-electron chi connectivity index (χ1n) is 8.84. The molecule has 138 valence electrons. The highest BCUT2D eigenvalue weighted by Crippen LogP contribution is 2.10. The van der Waals surface area contributed by atoms with Gasteiger partial charge in [-0.05, 0) is 36.1 Å². The van der Waals surface area contributed by atoms with Crippen molar-refractivity contribution in [1.29, 1.82) is 0 Å². The van der Waals surface area contributed by atoms with E-state index in [-0.39, 0.29) is 23.8 Å². The predicted octanol–water partition coefficient (Wildman–Crippen LogP) is 2.01. The highest BCUT2D eigenvalue weighted by Gasteiger charge is 2.07. The lowest BCUT2D eigenvalue weighted by molar-refractivity contribution is -0.121. The Balaban J connectivity index is 1.43. The molecular formula is C21H21N3O3. The maximum atomic E-state index is 12.1. The molecule has 0 aliphatic rings. The van der Waals surface area contributed by atoms with E-state index < -0.39 is 0 Å². The van der Waals surface area contributed by atoms with Crippen molar-refractivity contribution in [2.24, 2.45) is 0 Å². The van der Waals surface area contributed by atoms with Crippen LogP contribution in [0.3, 0.4) is 0 Å². The van der Waals surface area contributed by atoms with Crippen molar-refractivity contribution < 1.29 is 9.59 Å². The lowest BCUT2D eigenvalue weighted by atomic mass is 10.1. The molecule has 0 bridgehead atoms. The van der Waals surface area contributed by atoms with E-state index in [0.29, 0.717) is 30.6 Å². The number of hydrogen-bond acceptors (Lipinski definition) is 3. The van der Waals surface area contributed by atoms with Crippen LogP contribution >= 0.6 is 0 Å². The summed E-state index contributed by atoms with van der Waals surface area (Å²) in [4.78, 5) is 38.8. The Morgan fingerprint density at radius 1 is 0.889 bits per heavy atom. The molecule has 2 amide bonds. The number of rotatable bonds is 7. The zero-order valence-electron chi connectivity index (χ0n) is 14.8. The zero-order valence-corrected chi connectivity index (χ0v) is 14.8. The summed E-state index contributed by atoms with van der Waals surface area (Å²) < 4.78 is 0. The van der Waals surface area contributed by atoms with Gasteiger partial charge in [-0.1, -0.05) is 36.4 Å². The molecule has 0 fully saturated rings. The third-order valence-corrected chi connectivity index (χ3v) is 4.22. The van der Waals surface area contributed by atoms with Crippen molar-refractivity contribution >= 4 is 22.7 Å². The number of H-pyrrole nitrogens is 1. The normalized spacial score (nSPS) is 10.5. The zero-order chi connectivity index (χ0) is 19.1. The third kappa shape index (κ3) is 5.04. The van der Waals surface area contributed by atoms with Gasteiger partial charge < -0.3 is 15.6 Å². The highest BCUT2D eigenvalue weighted by molar-refractivity contribution is 5.94. The van der Waals surface area contributed by atoms with Gasteiger partial charge in [0.15, 0.2) is 0 Å². The van der Waals surface area contributed by atoms with Gasteiger partial charge >= 0.3 is 0 Å². The summed E-state index contributed by atoms with van der Waals surface area (Å²) >= 11 is 0. The first-order valence-corrected chi connectivity index (χ1v) is 8.84. The standard InChI is InChI=1S/C21H21N3O3/c25-19(22-12-13-23-20(26)15-6-2-1-3-7-15)11-10-17-14-16-8-4-5-9-18(16)24-21(17)27/h1-9,14H,10-13H2,(H,22,25)(H,23,26)(H,24,27). The van der Waals surface area contributed by atoms with Gasteiger partial charge in [-0.25, -0.2) is 0 Å². The number of aromatic nitrogens is 1. The number of amides is 2. The van der Waals surface area contributed by atoms with Gasteiger partial charge in [0.25, 0.3) is 11.5 Å². The van der Waals surface area contributed by atoms with Crippen LogP contribution in [0.4, 0.5) is 0 Å². The Kier molecular flexibility index (Phi) is 5.99. The summed E-state index contributed by atoms with van der Waals surface area (Å²) in [5.74, 6) is -0.330. The number of aromatic amines is 1. The van der Waals surface area contributed by atoms with Gasteiger partial charge in [-0.15, -0.1) is 0 Å². The monoisotopic (exact) mass is 363 g/mol. The minimum absolute atomic E-state index is 0.156. The van der Waals surface area contributed by atoms with Crippen LogP contribution < -0.4 is 16.2 Å². The summed E-state index contributed by atoms with van der Waals surface area (Å²) in [5, 5.41) is 6.44. The second-order valence-corrected chi connectivity index (χ2v) is 6.18. The summed E-state index contributed by atoms with van der Waals surface area (Å²) in [6.07, 6.45) is 0.580. The minimum atomic E-state index is -0.174. The summed E-state index contributed by atoms with van der Waals surface area (Å²) in [6, 6.07) is 18.3. The van der Waals surface area contributed by atoms with E-state index in [1.165, 1.54) is 0 Å². The van der Waals surface area contributed by atoms with Crippen LogP contribution in [0.2, 0.25) is 0 Å². The fourth-order valence-electron chi connectivity index (χ4n) is 2.78. The SMILES string of the molecule is O=C(CCc1cc2ccccc2[nH]c1=O)NCCNC(=O)c1ccccc1. The van der Waals surface area contributed by atoms with Crippen LogP contribution in [0, 0.1) is 0 Å². The Morgan fingerprint density at radius 2 is 1.59 bits per heavy atom. The second kappa shape index (κ2) is 8.80. The van der Waals surface area contributed by atoms with E-state index in [1.54, 1.807) is 24.3 Å². The summed E-state index contributed by atoms with van der Waals surface area (Å²) in [7, 11) is 0. The lowest BCUT2D eigenvalue weighted by Gasteiger charge is -2.07. The van der Waals surface area contributed by atoms with E-state index in [2.05, 4.69) is 15.6 Å². The van der Waals surface area contributed by atoms with Crippen LogP contribution in [0.25, 0.3) is 10.9 Å². The Morgan fingerprint density at radius 3 is 2.41 bits per heavy atom. The number of pyridine rings is 1. The molecule has 0 saturated heterocycles. The molecule has 3 aromatic rings. The van der Waals surface area contributed by atoms with Crippen LogP contribution in [0.5, 0.6) is 0 Å². The molecule has 0 unspecified atom stereocenters. The maximum Gasteiger partial charge on any atom is 0.251 e. The molecule has 0 spiro atoms. The highest BCUT2D eigenvalue weighted by atomic mass is 16.2. The minimum Gasteiger partial charge on any atom is -0.354 e. The number of carbonyl (C=O) groups is 2. The molecule has 1 aromatic heterocycles. The van der Waals surface area contributed by atoms with E-state index in [0.717, 1.165) is 10.9 Å². The van der Waals surface area contributed by atoms with Crippen molar-refractivity contribution in [2.45, 2.75) is 12.8 Å². The largest absolute Gasteiger partial charge is 0.354 e. The molecule has 1 heterocycles. The molecule has 6 heteroatoms. The lowest BCUT2D eigenvalue weighted by Crippen LogP contribution is -2.34. The number of nitrogens with one attached hydrogen (secondary N) is 3. The number of benzene rings is 2. The molecule has 3 rings (SSSR count). The van der Waals surface area contributed by atoms with Gasteiger partial charge in [0.1, 0.15) is 0 Å². The van der Waals surface area contributed by atoms with E-state index in [4.69, 9.17) is 0 Å². The Bertz CT molecular complexity index is 996. The molecule has 0 atom stereocenters. The van der Waals surface area contributed by atoms with Crippen molar-refractivity contribution in [3.8, 4) is 0 Å². The smallest absolute Gasteiger partial charge is 0.251 e. The van der Waals surface area contributed by atoms with Gasteiger partial charge in [0.05, 0.1) is 0 Å². The van der Waals surface area contributed by atoms with Gasteiger partial charge in [0, 0.05) is 36.2 Å². The first-order chi connectivity index (χ1) is 13.1. The topological polar surface area (TPSA) is 91.1 Å². The molecule has 0 aliphatic carbocycles. The molecule has 2 aromatic carbocycles. The van der Waals surface area contributed by atoms with Crippen molar-refractivity contribution in [3.05, 3.63) is 82.1 Å².